The molecule has 5 rings (SSSR count). The Morgan fingerprint density at radius 3 is 2.70 bits per heavy atom. The van der Waals surface area contributed by atoms with Crippen LogP contribution in [0.25, 0.3) is 11.0 Å². The van der Waals surface area contributed by atoms with Crippen LogP contribution in [0.2, 0.25) is 5.02 Å². The summed E-state index contributed by atoms with van der Waals surface area (Å²) in [5.74, 6) is 0.281. The lowest BCUT2D eigenvalue weighted by Gasteiger charge is -2.25. The van der Waals surface area contributed by atoms with Gasteiger partial charge in [-0.05, 0) is 42.3 Å². The lowest BCUT2D eigenvalue weighted by Crippen LogP contribution is -2.37. The van der Waals surface area contributed by atoms with Crippen molar-refractivity contribution in [1.82, 2.24) is 15.3 Å². The van der Waals surface area contributed by atoms with Crippen LogP contribution in [0.1, 0.15) is 23.9 Å². The number of hydrogen-bond acceptors (Lipinski definition) is 4. The first-order valence-corrected chi connectivity index (χ1v) is 11.9. The van der Waals surface area contributed by atoms with E-state index in [0.717, 1.165) is 21.5 Å². The molecule has 2 heterocycles. The molecule has 0 aliphatic carbocycles. The van der Waals surface area contributed by atoms with E-state index in [2.05, 4.69) is 15.6 Å². The van der Waals surface area contributed by atoms with Gasteiger partial charge in [-0.1, -0.05) is 54.1 Å². The van der Waals surface area contributed by atoms with Gasteiger partial charge in [-0.3, -0.25) is 9.59 Å². The number of aromatic nitrogens is 2. The van der Waals surface area contributed by atoms with E-state index in [1.165, 1.54) is 11.8 Å². The van der Waals surface area contributed by atoms with Crippen LogP contribution >= 0.6 is 23.4 Å². The fourth-order valence-corrected chi connectivity index (χ4v) is 5.14. The van der Waals surface area contributed by atoms with Gasteiger partial charge >= 0.3 is 0 Å². The van der Waals surface area contributed by atoms with Gasteiger partial charge in [0.05, 0.1) is 28.0 Å². The molecule has 0 fully saturated rings. The summed E-state index contributed by atoms with van der Waals surface area (Å²) in [6.45, 7) is 0. The van der Waals surface area contributed by atoms with Crippen molar-refractivity contribution in [3.05, 3.63) is 89.2 Å². The maximum Gasteiger partial charge on any atom is 0.238 e. The Hall–Kier alpha value is -3.29. The molecule has 2 atom stereocenters. The third-order valence-electron chi connectivity index (χ3n) is 5.49. The van der Waals surface area contributed by atoms with Gasteiger partial charge in [-0.2, -0.15) is 0 Å². The second-order valence-corrected chi connectivity index (χ2v) is 9.57. The lowest BCUT2D eigenvalue weighted by atomic mass is 10.0. The molecule has 2 amide bonds. The first-order valence-electron chi connectivity index (χ1n) is 10.6. The van der Waals surface area contributed by atoms with Crippen molar-refractivity contribution in [2.24, 2.45) is 0 Å². The predicted molar refractivity (Wildman–Crippen MR) is 131 cm³/mol. The molecule has 33 heavy (non-hydrogen) atoms. The second-order valence-electron chi connectivity index (χ2n) is 7.89. The SMILES string of the molecule is O=C(CC1Sc2ccc(Cl)cc2NC1=O)N[C@@H](Cc1ccccc1)c1nc2ccccc2[nH]1. The zero-order chi connectivity index (χ0) is 22.8. The van der Waals surface area contributed by atoms with Crippen molar-refractivity contribution in [2.45, 2.75) is 29.0 Å². The first-order chi connectivity index (χ1) is 16.0. The number of imidazole rings is 1. The molecule has 4 aromatic rings. The number of H-pyrrole nitrogens is 1. The first kappa shape index (κ1) is 21.6. The fraction of sp³-hybridized carbons (Fsp3) is 0.160. The molecule has 0 bridgehead atoms. The van der Waals surface area contributed by atoms with Crippen LogP contribution in [0.15, 0.2) is 77.7 Å². The molecular weight excluding hydrogens is 456 g/mol. The number of para-hydroxylation sites is 2. The van der Waals surface area contributed by atoms with E-state index in [1.807, 2.05) is 60.7 Å². The summed E-state index contributed by atoms with van der Waals surface area (Å²) >= 11 is 7.40. The number of amides is 2. The third kappa shape index (κ3) is 4.89. The summed E-state index contributed by atoms with van der Waals surface area (Å²) in [5.41, 5.74) is 3.52. The molecule has 1 aliphatic heterocycles. The van der Waals surface area contributed by atoms with Crippen LogP contribution < -0.4 is 10.6 Å². The van der Waals surface area contributed by atoms with E-state index in [4.69, 9.17) is 16.6 Å². The lowest BCUT2D eigenvalue weighted by molar-refractivity contribution is -0.124. The minimum absolute atomic E-state index is 0.0596. The highest BCUT2D eigenvalue weighted by Gasteiger charge is 2.30. The number of fused-ring (bicyclic) bond motifs is 2. The van der Waals surface area contributed by atoms with Crippen molar-refractivity contribution < 1.29 is 9.59 Å². The number of aromatic amines is 1. The van der Waals surface area contributed by atoms with E-state index in [-0.39, 0.29) is 24.3 Å². The average Bonchev–Trinajstić information content (AvgIpc) is 3.24. The minimum Gasteiger partial charge on any atom is -0.346 e. The Labute approximate surface area is 200 Å². The summed E-state index contributed by atoms with van der Waals surface area (Å²) in [6, 6.07) is 22.7. The topological polar surface area (TPSA) is 86.9 Å². The number of hydrogen-bond donors (Lipinski definition) is 3. The second kappa shape index (κ2) is 9.29. The summed E-state index contributed by atoms with van der Waals surface area (Å²) in [7, 11) is 0. The number of benzene rings is 3. The molecule has 3 aromatic carbocycles. The Balaban J connectivity index is 1.34. The van der Waals surface area contributed by atoms with Crippen molar-refractivity contribution in [3.8, 4) is 0 Å². The van der Waals surface area contributed by atoms with Crippen LogP contribution in [0.4, 0.5) is 5.69 Å². The standard InChI is InChI=1S/C25H21ClN4O2S/c26-16-10-11-21-19(13-16)30-25(32)22(33-21)14-23(31)27-20(12-15-6-2-1-3-7-15)24-28-17-8-4-5-9-18(17)29-24/h1-11,13,20,22H,12,14H2,(H,27,31)(H,28,29)(H,30,32)/t20-,22?/m0/s1. The maximum atomic E-state index is 13.0. The maximum absolute atomic E-state index is 13.0. The van der Waals surface area contributed by atoms with Gasteiger partial charge in [0.1, 0.15) is 5.82 Å². The van der Waals surface area contributed by atoms with Crippen molar-refractivity contribution in [3.63, 3.8) is 0 Å². The molecule has 0 saturated carbocycles. The van der Waals surface area contributed by atoms with E-state index in [1.54, 1.807) is 12.1 Å². The average molecular weight is 477 g/mol. The monoisotopic (exact) mass is 476 g/mol. The zero-order valence-electron chi connectivity index (χ0n) is 17.5. The highest BCUT2D eigenvalue weighted by Crippen LogP contribution is 2.38. The van der Waals surface area contributed by atoms with Crippen LogP contribution in [0, 0.1) is 0 Å². The minimum atomic E-state index is -0.522. The quantitative estimate of drug-likeness (QED) is 0.360. The van der Waals surface area contributed by atoms with Crippen LogP contribution in [-0.4, -0.2) is 27.0 Å². The number of nitrogens with zero attached hydrogens (tertiary/aromatic N) is 1. The van der Waals surface area contributed by atoms with Crippen molar-refractivity contribution >= 4 is 51.9 Å². The number of thioether (sulfide) groups is 1. The normalized spacial score (nSPS) is 16.2. The summed E-state index contributed by atoms with van der Waals surface area (Å²) in [4.78, 5) is 34.6. The summed E-state index contributed by atoms with van der Waals surface area (Å²) in [6.07, 6.45) is 0.641. The molecule has 1 unspecified atom stereocenters. The molecule has 6 nitrogen and oxygen atoms in total. The Bertz CT molecular complexity index is 1290. The van der Waals surface area contributed by atoms with Crippen molar-refractivity contribution in [2.75, 3.05) is 5.32 Å². The third-order valence-corrected chi connectivity index (χ3v) is 7.00. The van der Waals surface area contributed by atoms with E-state index in [9.17, 15) is 9.59 Å². The largest absolute Gasteiger partial charge is 0.346 e. The fourth-order valence-electron chi connectivity index (χ4n) is 3.88. The molecule has 1 aromatic heterocycles. The molecule has 8 heteroatoms. The zero-order valence-corrected chi connectivity index (χ0v) is 19.1. The number of carbonyl (C=O) groups excluding carboxylic acids is 2. The highest BCUT2D eigenvalue weighted by atomic mass is 35.5. The van der Waals surface area contributed by atoms with Gasteiger partial charge in [0, 0.05) is 16.3 Å². The molecule has 166 valence electrons. The van der Waals surface area contributed by atoms with Gasteiger partial charge < -0.3 is 15.6 Å². The van der Waals surface area contributed by atoms with Gasteiger partial charge in [0.2, 0.25) is 11.8 Å². The van der Waals surface area contributed by atoms with Crippen LogP contribution in [-0.2, 0) is 16.0 Å². The van der Waals surface area contributed by atoms with Crippen molar-refractivity contribution in [1.29, 1.82) is 0 Å². The Kier molecular flexibility index (Phi) is 6.07. The van der Waals surface area contributed by atoms with E-state index < -0.39 is 5.25 Å². The number of carbonyl (C=O) groups is 2. The van der Waals surface area contributed by atoms with Crippen LogP contribution in [0.5, 0.6) is 0 Å². The van der Waals surface area contributed by atoms with Crippen LogP contribution in [0.3, 0.4) is 0 Å². The van der Waals surface area contributed by atoms with E-state index in [0.29, 0.717) is 23.0 Å². The van der Waals surface area contributed by atoms with E-state index >= 15 is 0 Å². The highest BCUT2D eigenvalue weighted by molar-refractivity contribution is 8.01. The summed E-state index contributed by atoms with van der Waals surface area (Å²) < 4.78 is 0. The van der Waals surface area contributed by atoms with Gasteiger partial charge in [-0.15, -0.1) is 11.8 Å². The molecule has 0 spiro atoms. The molecular formula is C25H21ClN4O2S. The Morgan fingerprint density at radius 2 is 1.88 bits per heavy atom. The summed E-state index contributed by atoms with van der Waals surface area (Å²) in [5, 5.41) is 5.99. The molecule has 0 saturated heterocycles. The predicted octanol–water partition coefficient (Wildman–Crippen LogP) is 5.12. The number of anilines is 1. The Morgan fingerprint density at radius 1 is 1.09 bits per heavy atom. The number of rotatable bonds is 6. The van der Waals surface area contributed by atoms with Gasteiger partial charge in [-0.25, -0.2) is 4.98 Å². The molecule has 3 N–H and O–H groups in total. The molecule has 0 radical (unpaired) electrons. The smallest absolute Gasteiger partial charge is 0.238 e. The number of halogens is 1. The van der Waals surface area contributed by atoms with Gasteiger partial charge in [0.25, 0.3) is 0 Å². The number of nitrogens with one attached hydrogen (secondary N) is 3. The molecule has 1 aliphatic rings. The van der Waals surface area contributed by atoms with Gasteiger partial charge in [0.15, 0.2) is 0 Å².